The van der Waals surface area contributed by atoms with E-state index in [1.165, 1.54) is 18.4 Å². The minimum absolute atomic E-state index is 0.0388. The zero-order valence-corrected chi connectivity index (χ0v) is 19.2. The third-order valence-corrected chi connectivity index (χ3v) is 8.01. The van der Waals surface area contributed by atoms with Gasteiger partial charge in [-0.05, 0) is 51.1 Å². The van der Waals surface area contributed by atoms with Crippen LogP contribution in [0, 0.1) is 0 Å². The molecule has 2 heterocycles. The Morgan fingerprint density at radius 2 is 1.81 bits per heavy atom. The van der Waals surface area contributed by atoms with Crippen LogP contribution in [0.1, 0.15) is 20.8 Å². The summed E-state index contributed by atoms with van der Waals surface area (Å²) >= 11 is 1.48. The van der Waals surface area contributed by atoms with Gasteiger partial charge in [-0.25, -0.2) is 18.4 Å². The lowest BCUT2D eigenvalue weighted by atomic mass is 10.2. The molecule has 0 saturated carbocycles. The maximum atomic E-state index is 12.9. The quantitative estimate of drug-likeness (QED) is 0.420. The summed E-state index contributed by atoms with van der Waals surface area (Å²) in [6, 6.07) is 12.6. The maximum Gasteiger partial charge on any atom is 0.232 e. The molecule has 0 saturated heterocycles. The van der Waals surface area contributed by atoms with Crippen LogP contribution in [0.3, 0.4) is 0 Å². The molecule has 0 fully saturated rings. The van der Waals surface area contributed by atoms with Crippen LogP contribution >= 0.6 is 11.3 Å². The number of anilines is 2. The Hall–Kier alpha value is -2.82. The molecule has 0 radical (unpaired) electrons. The third kappa shape index (κ3) is 4.18. The lowest BCUT2D eigenvalue weighted by Gasteiger charge is -2.19. The molecule has 8 nitrogen and oxygen atoms in total. The van der Waals surface area contributed by atoms with Crippen molar-refractivity contribution < 1.29 is 17.9 Å². The molecule has 0 aliphatic heterocycles. The number of sulfone groups is 1. The topological polar surface area (TPSA) is 103 Å². The van der Waals surface area contributed by atoms with Gasteiger partial charge in [-0.3, -0.25) is 5.32 Å². The Kier molecular flexibility index (Phi) is 5.54. The molecular formula is C21H22N4O4S2. The summed E-state index contributed by atoms with van der Waals surface area (Å²) < 4.78 is 36.5. The Morgan fingerprint density at radius 1 is 1.03 bits per heavy atom. The first kappa shape index (κ1) is 21.4. The van der Waals surface area contributed by atoms with Crippen LogP contribution in [0.15, 0.2) is 47.4 Å². The number of nitrogens with zero attached hydrogens (tertiary/aromatic N) is 3. The van der Waals surface area contributed by atoms with E-state index in [1.807, 2.05) is 24.3 Å². The van der Waals surface area contributed by atoms with Crippen molar-refractivity contribution >= 4 is 53.4 Å². The SMILES string of the molecule is COCOc1nc(Nc2nc3ccccc3s2)nc2ccc(S(=O)(=O)C(C)(C)C)cc12. The van der Waals surface area contributed by atoms with E-state index in [0.29, 0.717) is 22.0 Å². The molecule has 1 N–H and O–H groups in total. The minimum atomic E-state index is -3.54. The number of hydrogen-bond acceptors (Lipinski definition) is 9. The van der Waals surface area contributed by atoms with Crippen LogP contribution in [0.4, 0.5) is 11.1 Å². The fourth-order valence-corrected chi connectivity index (χ4v) is 4.99. The summed E-state index contributed by atoms with van der Waals surface area (Å²) in [5, 5.41) is 4.24. The van der Waals surface area contributed by atoms with Gasteiger partial charge in [-0.2, -0.15) is 4.98 Å². The van der Waals surface area contributed by atoms with E-state index in [0.717, 1.165) is 10.2 Å². The fourth-order valence-electron chi connectivity index (χ4n) is 2.90. The molecule has 0 aliphatic carbocycles. The summed E-state index contributed by atoms with van der Waals surface area (Å²) in [5.41, 5.74) is 1.42. The number of fused-ring (bicyclic) bond motifs is 2. The summed E-state index contributed by atoms with van der Waals surface area (Å²) in [7, 11) is -2.05. The molecule has 0 amide bonds. The summed E-state index contributed by atoms with van der Waals surface area (Å²) in [5.74, 6) is 0.519. The van der Waals surface area contributed by atoms with Crippen molar-refractivity contribution in [3.05, 3.63) is 42.5 Å². The second-order valence-corrected chi connectivity index (χ2v) is 11.5. The first-order valence-corrected chi connectivity index (χ1v) is 11.8. The van der Waals surface area contributed by atoms with Gasteiger partial charge in [0.25, 0.3) is 0 Å². The monoisotopic (exact) mass is 458 g/mol. The van der Waals surface area contributed by atoms with Crippen LogP contribution in [0.2, 0.25) is 0 Å². The van der Waals surface area contributed by atoms with Crippen LogP contribution in [0.25, 0.3) is 21.1 Å². The molecule has 31 heavy (non-hydrogen) atoms. The predicted molar refractivity (Wildman–Crippen MR) is 122 cm³/mol. The summed E-state index contributed by atoms with van der Waals surface area (Å²) in [4.78, 5) is 13.7. The smallest absolute Gasteiger partial charge is 0.232 e. The van der Waals surface area contributed by atoms with Crippen LogP contribution in [-0.4, -0.2) is 42.0 Å². The van der Waals surface area contributed by atoms with Gasteiger partial charge < -0.3 is 9.47 Å². The standard InChI is InChI=1S/C21H22N4O4S2/c1-21(2,3)31(26,27)13-9-10-15-14(11-13)18(29-12-28-4)24-19(22-15)25-20-23-16-7-5-6-8-17(16)30-20/h5-11H,12H2,1-4H3,(H,22,23,24,25). The molecule has 162 valence electrons. The van der Waals surface area contributed by atoms with Gasteiger partial charge in [0.15, 0.2) is 21.8 Å². The Bertz CT molecular complexity index is 1330. The first-order valence-electron chi connectivity index (χ1n) is 9.50. The molecule has 2 aromatic carbocycles. The summed E-state index contributed by atoms with van der Waals surface area (Å²) in [6.07, 6.45) is 0. The van der Waals surface area contributed by atoms with E-state index in [2.05, 4.69) is 20.3 Å². The van der Waals surface area contributed by atoms with Gasteiger partial charge in [0.05, 0.1) is 30.8 Å². The molecular weight excluding hydrogens is 436 g/mol. The van der Waals surface area contributed by atoms with Gasteiger partial charge in [0, 0.05) is 7.11 Å². The van der Waals surface area contributed by atoms with Crippen molar-refractivity contribution in [3.8, 4) is 5.88 Å². The predicted octanol–water partition coefficient (Wildman–Crippen LogP) is 4.54. The van der Waals surface area contributed by atoms with Crippen LogP contribution in [0.5, 0.6) is 5.88 Å². The Labute approximate surface area is 184 Å². The highest BCUT2D eigenvalue weighted by atomic mass is 32.2. The molecule has 4 rings (SSSR count). The number of ether oxygens (including phenoxy) is 2. The third-order valence-electron chi connectivity index (χ3n) is 4.57. The summed E-state index contributed by atoms with van der Waals surface area (Å²) in [6.45, 7) is 4.95. The Balaban J connectivity index is 1.78. The molecule has 0 spiro atoms. The number of methoxy groups -OCH3 is 1. The van der Waals surface area contributed by atoms with E-state index in [-0.39, 0.29) is 17.6 Å². The van der Waals surface area contributed by atoms with E-state index in [4.69, 9.17) is 9.47 Å². The number of aromatic nitrogens is 3. The molecule has 0 atom stereocenters. The van der Waals surface area contributed by atoms with E-state index < -0.39 is 14.6 Å². The average molecular weight is 459 g/mol. The van der Waals surface area contributed by atoms with Crippen molar-refractivity contribution in [2.75, 3.05) is 19.2 Å². The number of rotatable bonds is 6. The fraction of sp³-hybridized carbons (Fsp3) is 0.286. The Morgan fingerprint density at radius 3 is 2.52 bits per heavy atom. The number of benzene rings is 2. The van der Waals surface area contributed by atoms with Gasteiger partial charge in [-0.15, -0.1) is 0 Å². The second-order valence-electron chi connectivity index (χ2n) is 7.81. The van der Waals surface area contributed by atoms with Crippen LogP contribution in [-0.2, 0) is 14.6 Å². The number of nitrogens with one attached hydrogen (secondary N) is 1. The zero-order chi connectivity index (χ0) is 22.2. The molecule has 4 aromatic rings. The van der Waals surface area contributed by atoms with Crippen molar-refractivity contribution in [3.63, 3.8) is 0 Å². The van der Waals surface area contributed by atoms with Gasteiger partial charge in [-0.1, -0.05) is 23.5 Å². The molecule has 0 unspecified atom stereocenters. The minimum Gasteiger partial charge on any atom is -0.450 e. The van der Waals surface area contributed by atoms with Gasteiger partial charge in [0.2, 0.25) is 11.8 Å². The maximum absolute atomic E-state index is 12.9. The van der Waals surface area contributed by atoms with Crippen molar-refractivity contribution in [2.24, 2.45) is 0 Å². The van der Waals surface area contributed by atoms with Crippen molar-refractivity contribution in [1.82, 2.24) is 15.0 Å². The van der Waals surface area contributed by atoms with E-state index >= 15 is 0 Å². The molecule has 10 heteroatoms. The molecule has 0 bridgehead atoms. The number of hydrogen-bond donors (Lipinski definition) is 1. The lowest BCUT2D eigenvalue weighted by molar-refractivity contribution is 0.0491. The average Bonchev–Trinajstić information content (AvgIpc) is 3.13. The van der Waals surface area contributed by atoms with Crippen LogP contribution < -0.4 is 10.1 Å². The normalized spacial score (nSPS) is 12.4. The second kappa shape index (κ2) is 8.03. The van der Waals surface area contributed by atoms with E-state index in [1.54, 1.807) is 39.0 Å². The first-order chi connectivity index (χ1) is 14.7. The highest BCUT2D eigenvalue weighted by molar-refractivity contribution is 7.92. The zero-order valence-electron chi connectivity index (χ0n) is 17.5. The lowest BCUT2D eigenvalue weighted by Crippen LogP contribution is -2.27. The van der Waals surface area contributed by atoms with Crippen molar-refractivity contribution in [1.29, 1.82) is 0 Å². The highest BCUT2D eigenvalue weighted by Gasteiger charge is 2.31. The van der Waals surface area contributed by atoms with E-state index in [9.17, 15) is 8.42 Å². The largest absolute Gasteiger partial charge is 0.450 e. The molecule has 0 aliphatic rings. The van der Waals surface area contributed by atoms with Gasteiger partial charge >= 0.3 is 0 Å². The number of para-hydroxylation sites is 1. The van der Waals surface area contributed by atoms with Gasteiger partial charge in [0.1, 0.15) is 0 Å². The van der Waals surface area contributed by atoms with Crippen molar-refractivity contribution in [2.45, 2.75) is 30.4 Å². The highest BCUT2D eigenvalue weighted by Crippen LogP contribution is 2.32. The number of thiazole rings is 1. The molecule has 2 aromatic heterocycles.